The molecule has 5 nitrogen and oxygen atoms in total. The molecule has 6 heteroatoms. The Balaban J connectivity index is 1.55. The van der Waals surface area contributed by atoms with Crippen LogP contribution in [0, 0.1) is 0 Å². The molecule has 1 fully saturated rings. The first kappa shape index (κ1) is 20.2. The van der Waals surface area contributed by atoms with E-state index in [2.05, 4.69) is 43.3 Å². The summed E-state index contributed by atoms with van der Waals surface area (Å²) in [5.74, 6) is 0. The summed E-state index contributed by atoms with van der Waals surface area (Å²) in [6, 6.07) is 7.92. The number of piperazine rings is 1. The maximum atomic E-state index is 12.0. The number of hydrogen-bond donors (Lipinski definition) is 2. The Morgan fingerprint density at radius 1 is 1.20 bits per heavy atom. The monoisotopic (exact) mass is 410 g/mol. The van der Waals surface area contributed by atoms with Gasteiger partial charge in [-0.1, -0.05) is 35.0 Å². The van der Waals surface area contributed by atoms with Crippen LogP contribution >= 0.6 is 15.9 Å². The maximum Gasteiger partial charge on any atom is 0.315 e. The summed E-state index contributed by atoms with van der Waals surface area (Å²) >= 11 is 3.46. The third-order valence-corrected chi connectivity index (χ3v) is 5.29. The molecular weight excluding hydrogens is 380 g/mol. The highest BCUT2D eigenvalue weighted by molar-refractivity contribution is 9.10. The average Bonchev–Trinajstić information content (AvgIpc) is 2.62. The summed E-state index contributed by atoms with van der Waals surface area (Å²) in [4.78, 5) is 17.0. The Morgan fingerprint density at radius 2 is 1.92 bits per heavy atom. The summed E-state index contributed by atoms with van der Waals surface area (Å²) in [5, 5.41) is 5.95. The molecular formula is C19H31BrN4O. The molecule has 1 aliphatic heterocycles. The number of nitrogens with one attached hydrogen (secondary N) is 2. The summed E-state index contributed by atoms with van der Waals surface area (Å²) in [6.07, 6.45) is 2.15. The quantitative estimate of drug-likeness (QED) is 0.646. The van der Waals surface area contributed by atoms with Gasteiger partial charge in [-0.15, -0.1) is 0 Å². The fourth-order valence-electron chi connectivity index (χ4n) is 3.10. The molecule has 1 aromatic carbocycles. The van der Waals surface area contributed by atoms with Gasteiger partial charge in [0.2, 0.25) is 0 Å². The zero-order valence-corrected chi connectivity index (χ0v) is 17.0. The van der Waals surface area contributed by atoms with E-state index in [9.17, 15) is 4.79 Å². The minimum Gasteiger partial charge on any atom is -0.338 e. The molecule has 2 rings (SSSR count). The topological polar surface area (TPSA) is 47.6 Å². The van der Waals surface area contributed by atoms with Crippen molar-refractivity contribution in [2.75, 3.05) is 45.8 Å². The summed E-state index contributed by atoms with van der Waals surface area (Å²) in [7, 11) is 0. The number of benzene rings is 1. The first-order chi connectivity index (χ1) is 12.1. The molecule has 1 saturated heterocycles. The fourth-order valence-corrected chi connectivity index (χ4v) is 3.52. The van der Waals surface area contributed by atoms with Crippen LogP contribution in [-0.4, -0.2) is 61.6 Å². The highest BCUT2D eigenvalue weighted by Crippen LogP contribution is 2.17. The van der Waals surface area contributed by atoms with E-state index >= 15 is 0 Å². The lowest BCUT2D eigenvalue weighted by molar-refractivity contribution is 0.135. The minimum atomic E-state index is -0.0935. The van der Waals surface area contributed by atoms with Gasteiger partial charge in [-0.3, -0.25) is 0 Å². The molecule has 140 valence electrons. The van der Waals surface area contributed by atoms with E-state index in [4.69, 9.17) is 0 Å². The van der Waals surface area contributed by atoms with E-state index in [-0.39, 0.29) is 12.1 Å². The highest BCUT2D eigenvalue weighted by atomic mass is 79.9. The predicted molar refractivity (Wildman–Crippen MR) is 107 cm³/mol. The predicted octanol–water partition coefficient (Wildman–Crippen LogP) is 3.23. The van der Waals surface area contributed by atoms with Crippen molar-refractivity contribution < 1.29 is 4.79 Å². The van der Waals surface area contributed by atoms with Crippen LogP contribution in [0.25, 0.3) is 0 Å². The van der Waals surface area contributed by atoms with Crippen LogP contribution in [0.3, 0.4) is 0 Å². The second kappa shape index (κ2) is 10.8. The molecule has 1 unspecified atom stereocenters. The fraction of sp³-hybridized carbons (Fsp3) is 0.632. The van der Waals surface area contributed by atoms with Gasteiger partial charge in [-0.05, 0) is 50.6 Å². The molecule has 1 aromatic rings. The van der Waals surface area contributed by atoms with Gasteiger partial charge in [0.05, 0.1) is 6.04 Å². The van der Waals surface area contributed by atoms with Crippen molar-refractivity contribution in [2.24, 2.45) is 0 Å². The van der Waals surface area contributed by atoms with Crippen molar-refractivity contribution >= 4 is 22.0 Å². The summed E-state index contributed by atoms with van der Waals surface area (Å²) in [6.45, 7) is 12.0. The van der Waals surface area contributed by atoms with Crippen LogP contribution in [0.2, 0.25) is 0 Å². The van der Waals surface area contributed by atoms with Crippen LogP contribution in [0.1, 0.15) is 38.3 Å². The van der Waals surface area contributed by atoms with E-state index < -0.39 is 0 Å². The number of rotatable bonds is 8. The minimum absolute atomic E-state index is 0.00707. The lowest BCUT2D eigenvalue weighted by Gasteiger charge is -2.33. The second-order valence-electron chi connectivity index (χ2n) is 6.66. The number of likely N-dealkylation sites (N-methyl/N-ethyl adjacent to an activating group) is 1. The first-order valence-corrected chi connectivity index (χ1v) is 10.1. The third-order valence-electron chi connectivity index (χ3n) is 4.80. The van der Waals surface area contributed by atoms with Crippen molar-refractivity contribution in [3.8, 4) is 0 Å². The highest BCUT2D eigenvalue weighted by Gasteiger charge is 2.14. The van der Waals surface area contributed by atoms with Gasteiger partial charge in [-0.2, -0.15) is 0 Å². The Morgan fingerprint density at radius 3 is 2.60 bits per heavy atom. The van der Waals surface area contributed by atoms with Gasteiger partial charge in [0, 0.05) is 37.2 Å². The van der Waals surface area contributed by atoms with E-state index in [1.54, 1.807) is 0 Å². The lowest BCUT2D eigenvalue weighted by Crippen LogP contribution is -2.46. The zero-order valence-electron chi connectivity index (χ0n) is 15.4. The van der Waals surface area contributed by atoms with Crippen LogP contribution in [0.5, 0.6) is 0 Å². The molecule has 0 aliphatic carbocycles. The molecule has 0 spiro atoms. The van der Waals surface area contributed by atoms with Crippen LogP contribution in [0.15, 0.2) is 28.7 Å². The third kappa shape index (κ3) is 7.34. The van der Waals surface area contributed by atoms with E-state index in [0.717, 1.165) is 42.5 Å². The molecule has 1 atom stereocenters. The van der Waals surface area contributed by atoms with Crippen LogP contribution in [0.4, 0.5) is 4.79 Å². The zero-order chi connectivity index (χ0) is 18.1. The molecule has 2 N–H and O–H groups in total. The normalized spacial score (nSPS) is 17.2. The Bertz CT molecular complexity index is 532. The standard InChI is InChI=1S/C19H31BrN4O/c1-3-23-11-13-24(14-12-23)10-5-4-9-21-19(25)22-16(2)17-7-6-8-18(20)15-17/h6-8,15-16H,3-5,9-14H2,1-2H3,(H2,21,22,25). The van der Waals surface area contributed by atoms with Crippen molar-refractivity contribution in [1.29, 1.82) is 0 Å². The number of unbranched alkanes of at least 4 members (excludes halogenated alkanes) is 1. The Hall–Kier alpha value is -1.11. The first-order valence-electron chi connectivity index (χ1n) is 9.33. The number of amides is 2. The summed E-state index contributed by atoms with van der Waals surface area (Å²) in [5.41, 5.74) is 1.09. The van der Waals surface area contributed by atoms with Crippen LogP contribution in [-0.2, 0) is 0 Å². The SMILES string of the molecule is CCN1CCN(CCCCNC(=O)NC(C)c2cccc(Br)c2)CC1. The van der Waals surface area contributed by atoms with Crippen LogP contribution < -0.4 is 10.6 Å². The number of carbonyl (C=O) groups is 1. The van der Waals surface area contributed by atoms with Gasteiger partial charge in [-0.25, -0.2) is 4.79 Å². The Kier molecular flexibility index (Phi) is 8.72. The number of urea groups is 1. The van der Waals surface area contributed by atoms with Crippen molar-refractivity contribution in [1.82, 2.24) is 20.4 Å². The number of nitrogens with zero attached hydrogens (tertiary/aromatic N) is 2. The smallest absolute Gasteiger partial charge is 0.315 e. The largest absolute Gasteiger partial charge is 0.338 e. The van der Waals surface area contributed by atoms with Crippen molar-refractivity contribution in [3.05, 3.63) is 34.3 Å². The summed E-state index contributed by atoms with van der Waals surface area (Å²) < 4.78 is 1.03. The molecule has 0 aromatic heterocycles. The number of halogens is 1. The molecule has 25 heavy (non-hydrogen) atoms. The molecule has 0 radical (unpaired) electrons. The van der Waals surface area contributed by atoms with Gasteiger partial charge >= 0.3 is 6.03 Å². The Labute approximate surface area is 160 Å². The van der Waals surface area contributed by atoms with E-state index in [1.165, 1.54) is 26.2 Å². The molecule has 1 heterocycles. The van der Waals surface area contributed by atoms with E-state index in [0.29, 0.717) is 0 Å². The molecule has 0 bridgehead atoms. The average molecular weight is 411 g/mol. The number of hydrogen-bond acceptors (Lipinski definition) is 3. The van der Waals surface area contributed by atoms with Gasteiger partial charge in [0.15, 0.2) is 0 Å². The molecule has 2 amide bonds. The maximum absolute atomic E-state index is 12.0. The number of carbonyl (C=O) groups excluding carboxylic acids is 1. The molecule has 1 aliphatic rings. The van der Waals surface area contributed by atoms with Crippen molar-refractivity contribution in [3.63, 3.8) is 0 Å². The van der Waals surface area contributed by atoms with Crippen molar-refractivity contribution in [2.45, 2.75) is 32.7 Å². The molecule has 0 saturated carbocycles. The van der Waals surface area contributed by atoms with Gasteiger partial charge in [0.1, 0.15) is 0 Å². The van der Waals surface area contributed by atoms with E-state index in [1.807, 2.05) is 31.2 Å². The second-order valence-corrected chi connectivity index (χ2v) is 7.58. The lowest BCUT2D eigenvalue weighted by atomic mass is 10.1. The van der Waals surface area contributed by atoms with Gasteiger partial charge < -0.3 is 20.4 Å². The van der Waals surface area contributed by atoms with Gasteiger partial charge in [0.25, 0.3) is 0 Å².